The molecule has 1 N–H and O–H groups in total. The minimum atomic E-state index is -3.35. The van der Waals surface area contributed by atoms with E-state index in [2.05, 4.69) is 5.32 Å². The standard InChI is InChI=1S/C16H25ClN2O3S/c1-3-4-10-18-16(20)9-12-19(23(2,21)22)11-8-14-6-5-7-15(17)13-14/h5-7,13H,3-4,8-12H2,1-2H3,(H,18,20). The van der Waals surface area contributed by atoms with E-state index in [9.17, 15) is 13.2 Å². The lowest BCUT2D eigenvalue weighted by molar-refractivity contribution is -0.121. The van der Waals surface area contributed by atoms with Gasteiger partial charge in [-0.15, -0.1) is 0 Å². The summed E-state index contributed by atoms with van der Waals surface area (Å²) in [5.74, 6) is -0.116. The Kier molecular flexibility index (Phi) is 8.58. The van der Waals surface area contributed by atoms with Crippen molar-refractivity contribution in [2.75, 3.05) is 25.9 Å². The number of sulfonamides is 1. The van der Waals surface area contributed by atoms with Crippen molar-refractivity contribution in [3.05, 3.63) is 34.9 Å². The normalized spacial score (nSPS) is 11.7. The van der Waals surface area contributed by atoms with Crippen LogP contribution < -0.4 is 5.32 Å². The number of unbranched alkanes of at least 4 members (excludes halogenated alkanes) is 1. The molecule has 1 amide bonds. The van der Waals surface area contributed by atoms with Crippen molar-refractivity contribution in [2.45, 2.75) is 32.6 Å². The largest absolute Gasteiger partial charge is 0.356 e. The van der Waals surface area contributed by atoms with E-state index in [-0.39, 0.29) is 18.9 Å². The average molecular weight is 361 g/mol. The number of amides is 1. The van der Waals surface area contributed by atoms with Gasteiger partial charge in [-0.05, 0) is 30.5 Å². The highest BCUT2D eigenvalue weighted by molar-refractivity contribution is 7.88. The second kappa shape index (κ2) is 9.90. The van der Waals surface area contributed by atoms with E-state index < -0.39 is 10.0 Å². The molecule has 130 valence electrons. The van der Waals surface area contributed by atoms with E-state index >= 15 is 0 Å². The molecule has 0 aliphatic heterocycles. The molecule has 0 bridgehead atoms. The third-order valence-corrected chi connectivity index (χ3v) is 4.99. The number of hydrogen-bond donors (Lipinski definition) is 1. The van der Waals surface area contributed by atoms with Crippen molar-refractivity contribution in [3.63, 3.8) is 0 Å². The highest BCUT2D eigenvalue weighted by Gasteiger charge is 2.17. The van der Waals surface area contributed by atoms with Gasteiger partial charge in [-0.3, -0.25) is 4.79 Å². The topological polar surface area (TPSA) is 66.5 Å². The van der Waals surface area contributed by atoms with Gasteiger partial charge in [-0.1, -0.05) is 37.1 Å². The molecule has 0 aromatic heterocycles. The Labute approximate surface area is 144 Å². The van der Waals surface area contributed by atoms with Gasteiger partial charge in [0.25, 0.3) is 0 Å². The van der Waals surface area contributed by atoms with Crippen LogP contribution in [0.15, 0.2) is 24.3 Å². The van der Waals surface area contributed by atoms with Gasteiger partial charge in [0.15, 0.2) is 0 Å². The monoisotopic (exact) mass is 360 g/mol. The van der Waals surface area contributed by atoms with E-state index in [1.54, 1.807) is 6.07 Å². The number of carbonyl (C=O) groups is 1. The molecule has 0 unspecified atom stereocenters. The van der Waals surface area contributed by atoms with Gasteiger partial charge >= 0.3 is 0 Å². The van der Waals surface area contributed by atoms with Gasteiger partial charge in [0.2, 0.25) is 15.9 Å². The number of hydrogen-bond acceptors (Lipinski definition) is 3. The maximum atomic E-state index is 11.9. The number of rotatable bonds is 10. The molecule has 0 saturated carbocycles. The van der Waals surface area contributed by atoms with Crippen LogP contribution in [-0.2, 0) is 21.2 Å². The average Bonchev–Trinajstić information content (AvgIpc) is 2.46. The van der Waals surface area contributed by atoms with Crippen LogP contribution in [0.1, 0.15) is 31.7 Å². The number of benzene rings is 1. The quantitative estimate of drug-likeness (QED) is 0.652. The van der Waals surface area contributed by atoms with Crippen LogP contribution in [0.2, 0.25) is 5.02 Å². The van der Waals surface area contributed by atoms with Crippen molar-refractivity contribution in [1.82, 2.24) is 9.62 Å². The van der Waals surface area contributed by atoms with E-state index in [0.717, 1.165) is 18.4 Å². The first-order chi connectivity index (χ1) is 10.8. The smallest absolute Gasteiger partial charge is 0.221 e. The Balaban J connectivity index is 2.52. The van der Waals surface area contributed by atoms with Crippen molar-refractivity contribution >= 4 is 27.5 Å². The molecular weight excluding hydrogens is 336 g/mol. The first-order valence-electron chi connectivity index (χ1n) is 7.79. The van der Waals surface area contributed by atoms with E-state index in [1.165, 1.54) is 10.6 Å². The number of halogens is 1. The molecule has 23 heavy (non-hydrogen) atoms. The minimum Gasteiger partial charge on any atom is -0.356 e. The summed E-state index contributed by atoms with van der Waals surface area (Å²) in [6.45, 7) is 3.21. The Morgan fingerprint density at radius 2 is 2.04 bits per heavy atom. The Morgan fingerprint density at radius 3 is 2.65 bits per heavy atom. The molecule has 0 atom stereocenters. The Hall–Kier alpha value is -1.11. The minimum absolute atomic E-state index is 0.116. The summed E-state index contributed by atoms with van der Waals surface area (Å²) in [7, 11) is -3.35. The second-order valence-electron chi connectivity index (χ2n) is 5.50. The molecule has 1 rings (SSSR count). The van der Waals surface area contributed by atoms with Crippen LogP contribution in [0.25, 0.3) is 0 Å². The number of carbonyl (C=O) groups excluding carboxylic acids is 1. The number of nitrogens with one attached hydrogen (secondary N) is 1. The SMILES string of the molecule is CCCCNC(=O)CCN(CCc1cccc(Cl)c1)S(C)(=O)=O. The van der Waals surface area contributed by atoms with Crippen molar-refractivity contribution in [3.8, 4) is 0 Å². The summed E-state index contributed by atoms with van der Waals surface area (Å²) in [6.07, 6.45) is 3.84. The molecule has 0 aliphatic carbocycles. The van der Waals surface area contributed by atoms with Gasteiger partial charge < -0.3 is 5.32 Å². The molecule has 5 nitrogen and oxygen atoms in total. The fourth-order valence-corrected chi connectivity index (χ4v) is 3.17. The predicted molar refractivity (Wildman–Crippen MR) is 94.1 cm³/mol. The molecule has 0 spiro atoms. The van der Waals surface area contributed by atoms with Gasteiger partial charge in [-0.25, -0.2) is 12.7 Å². The zero-order valence-corrected chi connectivity index (χ0v) is 15.3. The summed E-state index contributed by atoms with van der Waals surface area (Å²) in [5.41, 5.74) is 0.971. The second-order valence-corrected chi connectivity index (χ2v) is 7.91. The first-order valence-corrected chi connectivity index (χ1v) is 10.0. The van der Waals surface area contributed by atoms with E-state index in [4.69, 9.17) is 11.6 Å². The third-order valence-electron chi connectivity index (χ3n) is 3.45. The summed E-state index contributed by atoms with van der Waals surface area (Å²) < 4.78 is 25.1. The van der Waals surface area contributed by atoms with Crippen LogP contribution in [-0.4, -0.2) is 44.5 Å². The van der Waals surface area contributed by atoms with Gasteiger partial charge in [0.1, 0.15) is 0 Å². The summed E-state index contributed by atoms with van der Waals surface area (Å²) >= 11 is 5.93. The molecular formula is C16H25ClN2O3S. The Morgan fingerprint density at radius 1 is 1.30 bits per heavy atom. The highest BCUT2D eigenvalue weighted by Crippen LogP contribution is 2.12. The fourth-order valence-electron chi connectivity index (χ4n) is 2.11. The number of nitrogens with zero attached hydrogens (tertiary/aromatic N) is 1. The summed E-state index contributed by atoms with van der Waals surface area (Å²) in [6, 6.07) is 7.34. The predicted octanol–water partition coefficient (Wildman–Crippen LogP) is 2.45. The Bertz CT molecular complexity index is 605. The lowest BCUT2D eigenvalue weighted by Crippen LogP contribution is -2.36. The van der Waals surface area contributed by atoms with Crippen molar-refractivity contribution in [1.29, 1.82) is 0 Å². The van der Waals surface area contributed by atoms with Gasteiger partial charge in [0.05, 0.1) is 6.26 Å². The highest BCUT2D eigenvalue weighted by atomic mass is 35.5. The van der Waals surface area contributed by atoms with Crippen molar-refractivity contribution < 1.29 is 13.2 Å². The van der Waals surface area contributed by atoms with Crippen LogP contribution in [0.3, 0.4) is 0 Å². The lowest BCUT2D eigenvalue weighted by atomic mass is 10.1. The summed E-state index contributed by atoms with van der Waals surface area (Å²) in [5, 5.41) is 3.42. The molecule has 0 fully saturated rings. The van der Waals surface area contributed by atoms with Crippen LogP contribution in [0.4, 0.5) is 0 Å². The molecule has 0 heterocycles. The third kappa shape index (κ3) is 8.34. The molecule has 1 aromatic carbocycles. The van der Waals surface area contributed by atoms with Crippen LogP contribution in [0.5, 0.6) is 0 Å². The molecule has 0 radical (unpaired) electrons. The van der Waals surface area contributed by atoms with Crippen molar-refractivity contribution in [2.24, 2.45) is 0 Å². The maximum Gasteiger partial charge on any atom is 0.221 e. The zero-order valence-electron chi connectivity index (χ0n) is 13.7. The van der Waals surface area contributed by atoms with Gasteiger partial charge in [-0.2, -0.15) is 0 Å². The molecule has 1 aromatic rings. The molecule has 7 heteroatoms. The first kappa shape index (κ1) is 19.9. The zero-order chi connectivity index (χ0) is 17.3. The lowest BCUT2D eigenvalue weighted by Gasteiger charge is -2.19. The van der Waals surface area contributed by atoms with Crippen LogP contribution >= 0.6 is 11.6 Å². The maximum absolute atomic E-state index is 11.9. The molecule has 0 saturated heterocycles. The van der Waals surface area contributed by atoms with E-state index in [0.29, 0.717) is 24.5 Å². The molecule has 0 aliphatic rings. The van der Waals surface area contributed by atoms with Gasteiger partial charge in [0, 0.05) is 31.1 Å². The fraction of sp³-hybridized carbons (Fsp3) is 0.562. The summed E-state index contributed by atoms with van der Waals surface area (Å²) in [4.78, 5) is 11.7. The van der Waals surface area contributed by atoms with Crippen LogP contribution in [0, 0.1) is 0 Å². The van der Waals surface area contributed by atoms with E-state index in [1.807, 2.05) is 25.1 Å².